The molecule has 3 rings (SSSR count). The van der Waals surface area contributed by atoms with Crippen molar-refractivity contribution in [2.75, 3.05) is 0 Å². The maximum Gasteiger partial charge on any atom is 0.279 e. The van der Waals surface area contributed by atoms with Crippen molar-refractivity contribution in [3.8, 4) is 11.1 Å². The van der Waals surface area contributed by atoms with Gasteiger partial charge in [-0.15, -0.1) is 0 Å². The third-order valence-corrected chi connectivity index (χ3v) is 3.93. The van der Waals surface area contributed by atoms with Crippen molar-refractivity contribution in [3.63, 3.8) is 0 Å². The summed E-state index contributed by atoms with van der Waals surface area (Å²) < 4.78 is 0. The molecule has 0 unspecified atom stereocenters. The summed E-state index contributed by atoms with van der Waals surface area (Å²) in [7, 11) is 0. The van der Waals surface area contributed by atoms with Gasteiger partial charge in [0.2, 0.25) is 0 Å². The molecular formula is C13H5Cl3N2O3. The van der Waals surface area contributed by atoms with E-state index in [-0.39, 0.29) is 27.0 Å². The first-order valence-electron chi connectivity index (χ1n) is 5.64. The molecule has 0 heterocycles. The Hall–Kier alpha value is -1.82. The molecular weight excluding hydrogens is 339 g/mol. The lowest BCUT2D eigenvalue weighted by molar-refractivity contribution is -0.384. The van der Waals surface area contributed by atoms with Gasteiger partial charge in [0.25, 0.3) is 5.69 Å². The van der Waals surface area contributed by atoms with Gasteiger partial charge in [-0.25, -0.2) is 0 Å². The Balaban J connectivity index is 2.50. The molecule has 1 aliphatic carbocycles. The smallest absolute Gasteiger partial charge is 0.279 e. The summed E-state index contributed by atoms with van der Waals surface area (Å²) in [5, 5.41) is 24.5. The van der Waals surface area contributed by atoms with Crippen LogP contribution >= 0.6 is 34.8 Å². The molecule has 21 heavy (non-hydrogen) atoms. The molecule has 0 saturated carbocycles. The fraction of sp³-hybridized carbons (Fsp3) is 0. The van der Waals surface area contributed by atoms with Crippen molar-refractivity contribution in [2.45, 2.75) is 0 Å². The second-order valence-electron chi connectivity index (χ2n) is 4.36. The number of hydrogen-bond donors (Lipinski definition) is 1. The maximum absolute atomic E-state index is 11.3. The summed E-state index contributed by atoms with van der Waals surface area (Å²) in [4.78, 5) is 10.7. The molecule has 0 atom stereocenters. The van der Waals surface area contributed by atoms with Crippen LogP contribution in [-0.4, -0.2) is 15.8 Å². The molecule has 0 radical (unpaired) electrons. The summed E-state index contributed by atoms with van der Waals surface area (Å²) >= 11 is 18.0. The molecule has 8 heteroatoms. The summed E-state index contributed by atoms with van der Waals surface area (Å²) in [5.41, 5.74) is 1.39. The fourth-order valence-electron chi connectivity index (χ4n) is 2.45. The monoisotopic (exact) mass is 342 g/mol. The van der Waals surface area contributed by atoms with E-state index in [1.165, 1.54) is 24.3 Å². The lowest BCUT2D eigenvalue weighted by Gasteiger charge is -2.05. The number of hydrogen-bond acceptors (Lipinski definition) is 4. The quantitative estimate of drug-likeness (QED) is 0.393. The molecule has 1 aliphatic rings. The van der Waals surface area contributed by atoms with E-state index in [0.29, 0.717) is 21.7 Å². The maximum atomic E-state index is 11.3. The Kier molecular flexibility index (Phi) is 3.28. The number of oxime groups is 1. The average molecular weight is 344 g/mol. The van der Waals surface area contributed by atoms with Crippen molar-refractivity contribution in [3.05, 3.63) is 60.6 Å². The minimum Gasteiger partial charge on any atom is -0.410 e. The highest BCUT2D eigenvalue weighted by molar-refractivity contribution is 6.41. The Morgan fingerprint density at radius 1 is 1.00 bits per heavy atom. The molecule has 5 nitrogen and oxygen atoms in total. The molecule has 2 aromatic carbocycles. The fourth-order valence-corrected chi connectivity index (χ4v) is 3.25. The molecule has 0 aliphatic heterocycles. The van der Waals surface area contributed by atoms with Gasteiger partial charge >= 0.3 is 0 Å². The van der Waals surface area contributed by atoms with E-state index in [4.69, 9.17) is 34.8 Å². The average Bonchev–Trinajstić information content (AvgIpc) is 2.70. The molecule has 0 saturated heterocycles. The van der Waals surface area contributed by atoms with E-state index in [0.717, 1.165) is 0 Å². The van der Waals surface area contributed by atoms with Gasteiger partial charge in [-0.3, -0.25) is 10.1 Å². The second kappa shape index (κ2) is 4.87. The molecule has 2 aromatic rings. The Labute approximate surface area is 133 Å². The molecule has 106 valence electrons. The number of fused-ring (bicyclic) bond motifs is 3. The molecule has 0 aromatic heterocycles. The first kappa shape index (κ1) is 14.1. The largest absolute Gasteiger partial charge is 0.410 e. The number of benzene rings is 2. The van der Waals surface area contributed by atoms with E-state index in [1.54, 1.807) is 0 Å². The van der Waals surface area contributed by atoms with Gasteiger partial charge in [-0.05, 0) is 18.2 Å². The highest BCUT2D eigenvalue weighted by Crippen LogP contribution is 2.48. The number of nitro benzene ring substituents is 1. The van der Waals surface area contributed by atoms with Crippen LogP contribution in [0.3, 0.4) is 0 Å². The number of rotatable bonds is 1. The lowest BCUT2D eigenvalue weighted by Crippen LogP contribution is -1.99. The summed E-state index contributed by atoms with van der Waals surface area (Å²) in [6.07, 6.45) is 0. The highest BCUT2D eigenvalue weighted by atomic mass is 35.5. The minimum absolute atomic E-state index is 0.148. The van der Waals surface area contributed by atoms with Gasteiger partial charge in [0.15, 0.2) is 0 Å². The van der Waals surface area contributed by atoms with Crippen LogP contribution in [0.4, 0.5) is 5.69 Å². The summed E-state index contributed by atoms with van der Waals surface area (Å²) in [6, 6.07) is 5.73. The third kappa shape index (κ3) is 2.05. The predicted molar refractivity (Wildman–Crippen MR) is 81.0 cm³/mol. The van der Waals surface area contributed by atoms with Crippen molar-refractivity contribution >= 4 is 46.2 Å². The molecule has 0 fully saturated rings. The van der Waals surface area contributed by atoms with Gasteiger partial charge in [0.05, 0.1) is 15.5 Å². The van der Waals surface area contributed by atoms with E-state index >= 15 is 0 Å². The van der Waals surface area contributed by atoms with Gasteiger partial charge < -0.3 is 5.21 Å². The highest BCUT2D eigenvalue weighted by Gasteiger charge is 2.35. The van der Waals surface area contributed by atoms with Crippen molar-refractivity contribution in [1.29, 1.82) is 0 Å². The zero-order valence-electron chi connectivity index (χ0n) is 10.1. The van der Waals surface area contributed by atoms with Crippen LogP contribution in [0, 0.1) is 10.1 Å². The Bertz CT molecular complexity index is 834. The SMILES string of the molecule is O=[N+]([O-])c1cc(Cl)cc2c1-c1c(Cl)cc(Cl)cc1/C2=N\O. The van der Waals surface area contributed by atoms with Gasteiger partial charge in [-0.1, -0.05) is 40.0 Å². The van der Waals surface area contributed by atoms with Gasteiger partial charge in [0, 0.05) is 32.8 Å². The number of nitrogens with zero attached hydrogens (tertiary/aromatic N) is 2. The topological polar surface area (TPSA) is 75.7 Å². The minimum atomic E-state index is -0.556. The van der Waals surface area contributed by atoms with Crippen LogP contribution in [-0.2, 0) is 0 Å². The van der Waals surface area contributed by atoms with Gasteiger partial charge in [0.1, 0.15) is 5.71 Å². The molecule has 1 N–H and O–H groups in total. The van der Waals surface area contributed by atoms with E-state index in [2.05, 4.69) is 5.16 Å². The van der Waals surface area contributed by atoms with Crippen LogP contribution in [0.5, 0.6) is 0 Å². The predicted octanol–water partition coefficient (Wildman–Crippen LogP) is 4.76. The Morgan fingerprint density at radius 3 is 2.14 bits per heavy atom. The normalized spacial score (nSPS) is 14.1. The second-order valence-corrected chi connectivity index (χ2v) is 5.64. The standard InChI is InChI=1S/C13H5Cl3N2O3/c14-5-1-7-11(9(16)3-5)12-8(13(7)17-19)2-6(15)4-10(12)18(20)21/h1-4,19H/b17-13+. The van der Waals surface area contributed by atoms with Crippen molar-refractivity contribution in [2.24, 2.45) is 5.16 Å². The lowest BCUT2D eigenvalue weighted by atomic mass is 10.0. The van der Waals surface area contributed by atoms with Crippen LogP contribution < -0.4 is 0 Å². The number of nitro groups is 1. The van der Waals surface area contributed by atoms with Gasteiger partial charge in [-0.2, -0.15) is 0 Å². The van der Waals surface area contributed by atoms with Crippen LogP contribution in [0.25, 0.3) is 11.1 Å². The third-order valence-electron chi connectivity index (χ3n) is 3.19. The molecule has 0 bridgehead atoms. The van der Waals surface area contributed by atoms with Crippen LogP contribution in [0.1, 0.15) is 11.1 Å². The van der Waals surface area contributed by atoms with E-state index in [9.17, 15) is 15.3 Å². The van der Waals surface area contributed by atoms with Crippen molar-refractivity contribution in [1.82, 2.24) is 0 Å². The zero-order chi connectivity index (χ0) is 15.3. The Morgan fingerprint density at radius 2 is 1.57 bits per heavy atom. The van der Waals surface area contributed by atoms with Crippen molar-refractivity contribution < 1.29 is 10.1 Å². The van der Waals surface area contributed by atoms with E-state index in [1.807, 2.05) is 0 Å². The van der Waals surface area contributed by atoms with E-state index < -0.39 is 4.92 Å². The van der Waals surface area contributed by atoms with Crippen LogP contribution in [0.15, 0.2) is 29.4 Å². The molecule has 0 amide bonds. The first-order chi connectivity index (χ1) is 9.93. The number of halogens is 3. The zero-order valence-corrected chi connectivity index (χ0v) is 12.4. The van der Waals surface area contributed by atoms with Crippen LogP contribution in [0.2, 0.25) is 15.1 Å². The summed E-state index contributed by atoms with van der Waals surface area (Å²) in [6.45, 7) is 0. The first-order valence-corrected chi connectivity index (χ1v) is 6.77. The summed E-state index contributed by atoms with van der Waals surface area (Å²) in [5.74, 6) is 0. The molecule has 0 spiro atoms.